The summed E-state index contributed by atoms with van der Waals surface area (Å²) >= 11 is 6.29. The van der Waals surface area contributed by atoms with Gasteiger partial charge in [0.05, 0.1) is 29.7 Å². The van der Waals surface area contributed by atoms with E-state index in [-0.39, 0.29) is 35.0 Å². The van der Waals surface area contributed by atoms with Crippen molar-refractivity contribution in [2.45, 2.75) is 64.1 Å². The van der Waals surface area contributed by atoms with Crippen LogP contribution in [0.15, 0.2) is 65.6 Å². The first-order valence-corrected chi connectivity index (χ1v) is 16.2. The molecule has 0 heterocycles. The van der Waals surface area contributed by atoms with Gasteiger partial charge >= 0.3 is 0 Å². The Morgan fingerprint density at radius 3 is 2.33 bits per heavy atom. The lowest BCUT2D eigenvalue weighted by Gasteiger charge is -2.35. The molecule has 0 radical (unpaired) electrons. The van der Waals surface area contributed by atoms with Crippen LogP contribution in [-0.2, 0) is 26.2 Å². The van der Waals surface area contributed by atoms with Gasteiger partial charge < -0.3 is 19.7 Å². The summed E-state index contributed by atoms with van der Waals surface area (Å²) in [5.74, 6) is -0.522. The molecule has 1 unspecified atom stereocenters. The highest BCUT2D eigenvalue weighted by Gasteiger charge is 2.36. The Bertz CT molecular complexity index is 1710. The number of methoxy groups -OCH3 is 2. The number of nitrogens with one attached hydrogen (secondary N) is 1. The topological polar surface area (TPSA) is 148 Å². The predicted molar refractivity (Wildman–Crippen MR) is 176 cm³/mol. The number of hydrogen-bond donors (Lipinski definition) is 1. The molecule has 0 spiro atoms. The third kappa shape index (κ3) is 8.67. The number of amides is 2. The average Bonchev–Trinajstić information content (AvgIpc) is 2.98. The maximum absolute atomic E-state index is 14.4. The van der Waals surface area contributed by atoms with Gasteiger partial charge in [-0.3, -0.25) is 24.0 Å². The second-order valence-electron chi connectivity index (χ2n) is 11.6. The number of carbonyl (C=O) groups excluding carboxylic acids is 2. The molecule has 0 aliphatic heterocycles. The number of hydrogen-bond acceptors (Lipinski definition) is 8. The molecule has 1 N–H and O–H groups in total. The zero-order chi connectivity index (χ0) is 34.4. The fourth-order valence-electron chi connectivity index (χ4n) is 4.78. The molecule has 0 aromatic heterocycles. The number of benzene rings is 3. The molecule has 2 amide bonds. The number of halogens is 1. The van der Waals surface area contributed by atoms with Gasteiger partial charge in [-0.05, 0) is 76.1 Å². The number of ether oxygens (including phenoxy) is 2. The third-order valence-corrected chi connectivity index (χ3v) is 9.02. The molecule has 12 nitrogen and oxygen atoms in total. The van der Waals surface area contributed by atoms with Gasteiger partial charge in [0.1, 0.15) is 24.1 Å². The molecule has 14 heteroatoms. The van der Waals surface area contributed by atoms with Crippen molar-refractivity contribution in [1.82, 2.24) is 10.2 Å². The van der Waals surface area contributed by atoms with Crippen LogP contribution in [0.5, 0.6) is 11.5 Å². The maximum Gasteiger partial charge on any atom is 0.273 e. The second-order valence-corrected chi connectivity index (χ2v) is 13.9. The standard InChI is InChI=1S/C32H39ClN4O8S/c1-8-26(31(39)34-32(3,4)5)35(19-22-10-9-11-24(16-22)44-6)30(38)20-36(28-17-23(33)13-15-29(28)45-7)46(42,43)25-14-12-21(2)27(18-25)37(40)41/h9-18,26H,8,19-20H2,1-7H3,(H,34,39). The fourth-order valence-corrected chi connectivity index (χ4v) is 6.39. The zero-order valence-electron chi connectivity index (χ0n) is 26.9. The van der Waals surface area contributed by atoms with Gasteiger partial charge in [-0.25, -0.2) is 8.42 Å². The molecule has 3 rings (SSSR count). The first kappa shape index (κ1) is 36.1. The number of rotatable bonds is 13. The normalized spacial score (nSPS) is 12.2. The molecule has 0 bridgehead atoms. The largest absolute Gasteiger partial charge is 0.497 e. The van der Waals surface area contributed by atoms with E-state index in [0.29, 0.717) is 11.3 Å². The maximum atomic E-state index is 14.4. The van der Waals surface area contributed by atoms with Gasteiger partial charge in [0, 0.05) is 28.7 Å². The van der Waals surface area contributed by atoms with Crippen molar-refractivity contribution < 1.29 is 32.4 Å². The van der Waals surface area contributed by atoms with Gasteiger partial charge in [-0.15, -0.1) is 0 Å². The van der Waals surface area contributed by atoms with Crippen LogP contribution in [0.2, 0.25) is 5.02 Å². The van der Waals surface area contributed by atoms with Gasteiger partial charge in [0.2, 0.25) is 11.8 Å². The summed E-state index contributed by atoms with van der Waals surface area (Å²) in [6, 6.07) is 13.7. The van der Waals surface area contributed by atoms with E-state index in [2.05, 4.69) is 5.32 Å². The lowest BCUT2D eigenvalue weighted by Crippen LogP contribution is -2.55. The number of aryl methyl sites for hydroxylation is 1. The number of nitro benzene ring substituents is 1. The van der Waals surface area contributed by atoms with Crippen LogP contribution in [0.25, 0.3) is 0 Å². The van der Waals surface area contributed by atoms with Crippen molar-refractivity contribution in [2.75, 3.05) is 25.1 Å². The highest BCUT2D eigenvalue weighted by Crippen LogP contribution is 2.36. The van der Waals surface area contributed by atoms with Crippen LogP contribution in [-0.4, -0.2) is 62.4 Å². The summed E-state index contributed by atoms with van der Waals surface area (Å²) in [6.07, 6.45) is 0.217. The van der Waals surface area contributed by atoms with E-state index in [4.69, 9.17) is 21.1 Å². The molecule has 0 aliphatic carbocycles. The lowest BCUT2D eigenvalue weighted by molar-refractivity contribution is -0.385. The zero-order valence-corrected chi connectivity index (χ0v) is 28.4. The van der Waals surface area contributed by atoms with Crippen LogP contribution < -0.4 is 19.1 Å². The second kappa shape index (κ2) is 14.8. The molecule has 0 aliphatic rings. The number of nitrogens with zero attached hydrogens (tertiary/aromatic N) is 3. The Balaban J connectivity index is 2.21. The first-order chi connectivity index (χ1) is 21.5. The van der Waals surface area contributed by atoms with Crippen molar-refractivity contribution in [1.29, 1.82) is 0 Å². The van der Waals surface area contributed by atoms with E-state index in [1.54, 1.807) is 31.2 Å². The summed E-state index contributed by atoms with van der Waals surface area (Å²) in [7, 11) is -1.81. The number of anilines is 1. The molecular formula is C32H39ClN4O8S. The number of sulfonamides is 1. The fraction of sp³-hybridized carbons (Fsp3) is 0.375. The number of carbonyl (C=O) groups is 2. The van der Waals surface area contributed by atoms with E-state index in [1.807, 2.05) is 20.8 Å². The minimum absolute atomic E-state index is 0.0529. The monoisotopic (exact) mass is 674 g/mol. The van der Waals surface area contributed by atoms with E-state index < -0.39 is 55.5 Å². The third-order valence-electron chi connectivity index (χ3n) is 7.02. The lowest BCUT2D eigenvalue weighted by atomic mass is 10.1. The summed E-state index contributed by atoms with van der Waals surface area (Å²) in [5.41, 5.74) is -0.195. The molecule has 3 aromatic rings. The van der Waals surface area contributed by atoms with Crippen LogP contribution in [0.4, 0.5) is 11.4 Å². The van der Waals surface area contributed by atoms with Gasteiger partial charge in [-0.1, -0.05) is 36.7 Å². The van der Waals surface area contributed by atoms with Crippen molar-refractivity contribution in [3.05, 3.63) is 86.9 Å². The van der Waals surface area contributed by atoms with E-state index in [9.17, 15) is 28.1 Å². The van der Waals surface area contributed by atoms with Crippen LogP contribution in [0.3, 0.4) is 0 Å². The van der Waals surface area contributed by atoms with Gasteiger partial charge in [0.15, 0.2) is 0 Å². The van der Waals surface area contributed by atoms with Crippen LogP contribution in [0, 0.1) is 17.0 Å². The highest BCUT2D eigenvalue weighted by atomic mass is 35.5. The van der Waals surface area contributed by atoms with Crippen molar-refractivity contribution in [2.24, 2.45) is 0 Å². The summed E-state index contributed by atoms with van der Waals surface area (Å²) in [4.78, 5) is 39.8. The van der Waals surface area contributed by atoms with Gasteiger partial charge in [-0.2, -0.15) is 0 Å². The average molecular weight is 675 g/mol. The SMILES string of the molecule is CCC(C(=O)NC(C)(C)C)N(Cc1cccc(OC)c1)C(=O)CN(c1cc(Cl)ccc1OC)S(=O)(=O)c1ccc(C)c([N+](=O)[O-])c1. The Labute approximate surface area is 274 Å². The van der Waals surface area contributed by atoms with E-state index in [1.165, 1.54) is 56.4 Å². The van der Waals surface area contributed by atoms with Gasteiger partial charge in [0.25, 0.3) is 15.7 Å². The van der Waals surface area contributed by atoms with E-state index >= 15 is 0 Å². The predicted octanol–water partition coefficient (Wildman–Crippen LogP) is 5.49. The quantitative estimate of drug-likeness (QED) is 0.185. The molecular weight excluding hydrogens is 636 g/mol. The molecule has 1 atom stereocenters. The first-order valence-electron chi connectivity index (χ1n) is 14.4. The summed E-state index contributed by atoms with van der Waals surface area (Å²) in [5, 5.41) is 14.8. The summed E-state index contributed by atoms with van der Waals surface area (Å²) in [6.45, 7) is 7.83. The van der Waals surface area contributed by atoms with Crippen molar-refractivity contribution >= 4 is 44.8 Å². The Morgan fingerprint density at radius 2 is 1.74 bits per heavy atom. The Hall–Kier alpha value is -4.36. The van der Waals surface area contributed by atoms with Crippen molar-refractivity contribution in [3.8, 4) is 11.5 Å². The molecule has 46 heavy (non-hydrogen) atoms. The van der Waals surface area contributed by atoms with Crippen LogP contribution in [0.1, 0.15) is 45.2 Å². The summed E-state index contributed by atoms with van der Waals surface area (Å²) < 4.78 is 40.2. The smallest absolute Gasteiger partial charge is 0.273 e. The molecule has 3 aromatic carbocycles. The molecule has 0 saturated carbocycles. The highest BCUT2D eigenvalue weighted by molar-refractivity contribution is 7.92. The van der Waals surface area contributed by atoms with Crippen LogP contribution >= 0.6 is 11.6 Å². The Morgan fingerprint density at radius 1 is 1.04 bits per heavy atom. The van der Waals surface area contributed by atoms with E-state index in [0.717, 1.165) is 10.4 Å². The molecule has 248 valence electrons. The minimum Gasteiger partial charge on any atom is -0.497 e. The molecule has 0 fully saturated rings. The minimum atomic E-state index is -4.65. The Kier molecular flexibility index (Phi) is 11.6. The van der Waals surface area contributed by atoms with Crippen molar-refractivity contribution in [3.63, 3.8) is 0 Å². The number of nitro groups is 1. The molecule has 0 saturated heterocycles.